The van der Waals surface area contributed by atoms with Crippen LogP contribution in [0, 0.1) is 0 Å². The monoisotopic (exact) mass is 403 g/mol. The van der Waals surface area contributed by atoms with Crippen molar-refractivity contribution >= 4 is 28.3 Å². The Bertz CT molecular complexity index is 1150. The van der Waals surface area contributed by atoms with Crippen LogP contribution in [0.15, 0.2) is 47.4 Å². The zero-order valence-electron chi connectivity index (χ0n) is 16.9. The first-order chi connectivity index (χ1) is 14.7. The van der Waals surface area contributed by atoms with Crippen LogP contribution in [0.5, 0.6) is 0 Å². The Morgan fingerprint density at radius 1 is 1.10 bits per heavy atom. The van der Waals surface area contributed by atoms with Gasteiger partial charge in [-0.3, -0.25) is 14.2 Å². The van der Waals surface area contributed by atoms with Gasteiger partial charge >= 0.3 is 0 Å². The van der Waals surface area contributed by atoms with Gasteiger partial charge in [0, 0.05) is 38.2 Å². The molecule has 0 radical (unpaired) electrons. The zero-order chi connectivity index (χ0) is 20.5. The van der Waals surface area contributed by atoms with Crippen LogP contribution in [-0.4, -0.2) is 33.5 Å². The van der Waals surface area contributed by atoms with Crippen LogP contribution < -0.4 is 15.8 Å². The summed E-state index contributed by atoms with van der Waals surface area (Å²) in [4.78, 5) is 37.1. The number of rotatable bonds is 6. The summed E-state index contributed by atoms with van der Waals surface area (Å²) in [5, 5.41) is 3.66. The molecule has 2 aromatic heterocycles. The predicted molar refractivity (Wildman–Crippen MR) is 117 cm³/mol. The molecule has 1 saturated heterocycles. The number of nitrogens with one attached hydrogen (secondary N) is 1. The molecule has 1 aliphatic carbocycles. The summed E-state index contributed by atoms with van der Waals surface area (Å²) in [7, 11) is 0. The second kappa shape index (κ2) is 7.89. The smallest absolute Gasteiger partial charge is 0.261 e. The minimum absolute atomic E-state index is 0.00193. The highest BCUT2D eigenvalue weighted by molar-refractivity contribution is 5.93. The highest BCUT2D eigenvalue weighted by Crippen LogP contribution is 2.35. The van der Waals surface area contributed by atoms with Crippen LogP contribution in [0.4, 0.5) is 11.5 Å². The van der Waals surface area contributed by atoms with Gasteiger partial charge in [-0.05, 0) is 49.9 Å². The quantitative estimate of drug-likeness (QED) is 0.683. The van der Waals surface area contributed by atoms with Crippen molar-refractivity contribution in [3.8, 4) is 0 Å². The lowest BCUT2D eigenvalue weighted by Crippen LogP contribution is -2.26. The van der Waals surface area contributed by atoms with E-state index >= 15 is 0 Å². The van der Waals surface area contributed by atoms with Crippen molar-refractivity contribution in [1.82, 2.24) is 14.5 Å². The minimum atomic E-state index is -0.0896. The number of carbonyl (C=O) groups is 1. The van der Waals surface area contributed by atoms with Crippen molar-refractivity contribution in [2.75, 3.05) is 23.3 Å². The van der Waals surface area contributed by atoms with E-state index in [1.165, 1.54) is 0 Å². The number of aromatic nitrogens is 3. The number of hydrogen-bond donors (Lipinski definition) is 1. The highest BCUT2D eigenvalue weighted by atomic mass is 16.1. The summed E-state index contributed by atoms with van der Waals surface area (Å²) in [5.74, 6) is 1.44. The van der Waals surface area contributed by atoms with E-state index in [1.54, 1.807) is 10.8 Å². The van der Waals surface area contributed by atoms with Crippen molar-refractivity contribution in [2.24, 2.45) is 0 Å². The lowest BCUT2D eigenvalue weighted by Gasteiger charge is -2.20. The molecule has 0 spiro atoms. The number of fused-ring (bicyclic) bond motifs is 1. The Kier molecular flexibility index (Phi) is 4.94. The van der Waals surface area contributed by atoms with E-state index in [9.17, 15) is 9.59 Å². The van der Waals surface area contributed by atoms with E-state index in [0.717, 1.165) is 50.3 Å². The number of amides is 1. The summed E-state index contributed by atoms with van der Waals surface area (Å²) < 4.78 is 1.80. The first-order valence-electron chi connectivity index (χ1n) is 10.7. The van der Waals surface area contributed by atoms with E-state index in [1.807, 2.05) is 36.4 Å². The topological polar surface area (TPSA) is 80.1 Å². The van der Waals surface area contributed by atoms with Gasteiger partial charge in [-0.15, -0.1) is 0 Å². The van der Waals surface area contributed by atoms with Crippen LogP contribution in [0.3, 0.4) is 0 Å². The molecule has 30 heavy (non-hydrogen) atoms. The predicted octanol–water partition coefficient (Wildman–Crippen LogP) is 3.30. The molecular formula is C23H25N5O2. The van der Waals surface area contributed by atoms with Crippen molar-refractivity contribution in [1.29, 1.82) is 0 Å². The van der Waals surface area contributed by atoms with Gasteiger partial charge < -0.3 is 10.2 Å². The Morgan fingerprint density at radius 2 is 1.90 bits per heavy atom. The van der Waals surface area contributed by atoms with E-state index in [2.05, 4.69) is 15.2 Å². The fourth-order valence-electron chi connectivity index (χ4n) is 4.19. The molecule has 2 aliphatic rings. The maximum absolute atomic E-state index is 13.0. The van der Waals surface area contributed by atoms with Gasteiger partial charge in [0.1, 0.15) is 5.82 Å². The number of hydrogen-bond acceptors (Lipinski definition) is 5. The molecule has 1 N–H and O–H groups in total. The fraction of sp³-hybridized carbons (Fsp3) is 0.391. The Labute approximate surface area is 174 Å². The van der Waals surface area contributed by atoms with Gasteiger partial charge in [-0.1, -0.05) is 12.1 Å². The average molecular weight is 403 g/mol. The SMILES string of the molecule is O=C(CCc1nc2ccccc2c(=O)n1C1CC1)Nc1cccnc1N1CCCC1. The highest BCUT2D eigenvalue weighted by Gasteiger charge is 2.28. The molecule has 1 aliphatic heterocycles. The third-order valence-corrected chi connectivity index (χ3v) is 5.83. The zero-order valence-corrected chi connectivity index (χ0v) is 16.9. The normalized spacial score (nSPS) is 16.2. The largest absolute Gasteiger partial charge is 0.355 e. The van der Waals surface area contributed by atoms with E-state index < -0.39 is 0 Å². The Morgan fingerprint density at radius 3 is 2.70 bits per heavy atom. The number of pyridine rings is 1. The molecule has 0 unspecified atom stereocenters. The van der Waals surface area contributed by atoms with Crippen LogP contribution >= 0.6 is 0 Å². The maximum atomic E-state index is 13.0. The molecule has 1 amide bonds. The summed E-state index contributed by atoms with van der Waals surface area (Å²) in [6.07, 6.45) is 6.75. The second-order valence-corrected chi connectivity index (χ2v) is 8.07. The molecule has 7 nitrogen and oxygen atoms in total. The molecule has 0 atom stereocenters. The summed E-state index contributed by atoms with van der Waals surface area (Å²) in [6, 6.07) is 11.4. The van der Waals surface area contributed by atoms with Crippen LogP contribution in [0.25, 0.3) is 10.9 Å². The number of anilines is 2. The summed E-state index contributed by atoms with van der Waals surface area (Å²) >= 11 is 0. The standard InChI is InChI=1S/C23H25N5O2/c29-21(26-19-8-5-13-24-22(19)27-14-3-4-15-27)12-11-20-25-18-7-2-1-6-17(18)23(30)28(20)16-9-10-16/h1-2,5-8,13,16H,3-4,9-12,14-15H2,(H,26,29). The Balaban J connectivity index is 1.35. The first-order valence-corrected chi connectivity index (χ1v) is 10.7. The van der Waals surface area contributed by atoms with Crippen molar-refractivity contribution in [3.63, 3.8) is 0 Å². The average Bonchev–Trinajstić information content (AvgIpc) is 3.45. The third-order valence-electron chi connectivity index (χ3n) is 5.83. The molecule has 1 saturated carbocycles. The molecule has 3 heterocycles. The van der Waals surface area contributed by atoms with Gasteiger partial charge in [0.05, 0.1) is 16.6 Å². The lowest BCUT2D eigenvalue weighted by atomic mass is 10.2. The molecule has 2 fully saturated rings. The van der Waals surface area contributed by atoms with Crippen LogP contribution in [0.2, 0.25) is 0 Å². The number of aryl methyl sites for hydroxylation is 1. The number of carbonyl (C=O) groups excluding carboxylic acids is 1. The van der Waals surface area contributed by atoms with E-state index in [-0.39, 0.29) is 23.9 Å². The van der Waals surface area contributed by atoms with Crippen molar-refractivity contribution in [3.05, 3.63) is 58.8 Å². The lowest BCUT2D eigenvalue weighted by molar-refractivity contribution is -0.116. The second-order valence-electron chi connectivity index (χ2n) is 8.07. The van der Waals surface area contributed by atoms with Crippen molar-refractivity contribution in [2.45, 2.75) is 44.6 Å². The molecule has 5 rings (SSSR count). The molecule has 7 heteroatoms. The summed E-state index contributed by atoms with van der Waals surface area (Å²) in [6.45, 7) is 1.93. The number of benzene rings is 1. The molecule has 1 aromatic carbocycles. The van der Waals surface area contributed by atoms with Gasteiger partial charge in [-0.2, -0.15) is 0 Å². The fourth-order valence-corrected chi connectivity index (χ4v) is 4.19. The van der Waals surface area contributed by atoms with Crippen molar-refractivity contribution < 1.29 is 4.79 Å². The maximum Gasteiger partial charge on any atom is 0.261 e. The molecular weight excluding hydrogens is 378 g/mol. The van der Waals surface area contributed by atoms with Gasteiger partial charge in [0.25, 0.3) is 5.56 Å². The number of nitrogens with zero attached hydrogens (tertiary/aromatic N) is 4. The third kappa shape index (κ3) is 3.67. The number of para-hydroxylation sites is 1. The van der Waals surface area contributed by atoms with Gasteiger partial charge in [0.2, 0.25) is 5.91 Å². The van der Waals surface area contributed by atoms with Gasteiger partial charge in [-0.25, -0.2) is 9.97 Å². The van der Waals surface area contributed by atoms with Gasteiger partial charge in [0.15, 0.2) is 5.82 Å². The van der Waals surface area contributed by atoms with E-state index in [0.29, 0.717) is 23.1 Å². The molecule has 3 aromatic rings. The molecule has 154 valence electrons. The van der Waals surface area contributed by atoms with E-state index in [4.69, 9.17) is 4.98 Å². The van der Waals surface area contributed by atoms with Crippen LogP contribution in [0.1, 0.15) is 44.0 Å². The summed E-state index contributed by atoms with van der Waals surface area (Å²) in [5.41, 5.74) is 1.44. The first kappa shape index (κ1) is 18.8. The van der Waals surface area contributed by atoms with Crippen LogP contribution in [-0.2, 0) is 11.2 Å². The Hall–Kier alpha value is -3.22. The molecule has 0 bridgehead atoms. The minimum Gasteiger partial charge on any atom is -0.355 e.